The Hall–Kier alpha value is -4.65. The second kappa shape index (κ2) is 13.9. The first-order chi connectivity index (χ1) is 24.4. The number of carbonyl (C=O) groups is 1. The van der Waals surface area contributed by atoms with E-state index < -0.39 is 24.1 Å². The summed E-state index contributed by atoms with van der Waals surface area (Å²) in [4.78, 5) is 13.3. The van der Waals surface area contributed by atoms with Crippen LogP contribution >= 0.6 is 0 Å². The fourth-order valence-corrected chi connectivity index (χ4v) is 8.39. The zero-order valence-corrected chi connectivity index (χ0v) is 28.1. The first kappa shape index (κ1) is 32.5. The minimum Gasteiger partial charge on any atom is -0.489 e. The van der Waals surface area contributed by atoms with Crippen molar-refractivity contribution in [1.29, 1.82) is 0 Å². The third kappa shape index (κ3) is 6.62. The van der Waals surface area contributed by atoms with Crippen LogP contribution in [0.25, 0.3) is 32.7 Å². The molecule has 1 aliphatic heterocycles. The number of hydrogen-bond donors (Lipinski definition) is 0. The molecule has 258 valence electrons. The standard InChI is InChI=1S/C43H42F2O5/c44-43(45,33-20-14-29(15-21-33)28-8-2-1-3-9-28)50-34-22-16-32(17-23-34)42(46)49-35-26-47-38-24-18-30-10-4-6-12-36(30)40(38)41-37-13-7-5-11-31(37)19-25-39(41)48-27-35/h4-7,10-13,16-19,22-25,28-29,33,35H,1-3,8-9,14-15,20-21,26-27H2. The molecule has 0 atom stereocenters. The number of hydrogen-bond acceptors (Lipinski definition) is 5. The predicted molar refractivity (Wildman–Crippen MR) is 191 cm³/mol. The molecule has 0 amide bonds. The van der Waals surface area contributed by atoms with Crippen LogP contribution in [-0.4, -0.2) is 31.4 Å². The lowest BCUT2D eigenvalue weighted by molar-refractivity contribution is -0.224. The van der Waals surface area contributed by atoms with Gasteiger partial charge in [0.25, 0.3) is 0 Å². The van der Waals surface area contributed by atoms with E-state index in [2.05, 4.69) is 24.3 Å². The van der Waals surface area contributed by atoms with Crippen LogP contribution < -0.4 is 14.2 Å². The van der Waals surface area contributed by atoms with Gasteiger partial charge in [-0.2, -0.15) is 8.78 Å². The summed E-state index contributed by atoms with van der Waals surface area (Å²) in [6, 6.07) is 30.0. The van der Waals surface area contributed by atoms with Gasteiger partial charge in [0.05, 0.1) is 11.5 Å². The Morgan fingerprint density at radius 3 is 1.74 bits per heavy atom. The lowest BCUT2D eigenvalue weighted by Crippen LogP contribution is -2.38. The minimum absolute atomic E-state index is 0.0303. The highest BCUT2D eigenvalue weighted by atomic mass is 19.3. The van der Waals surface area contributed by atoms with E-state index in [0.29, 0.717) is 36.2 Å². The van der Waals surface area contributed by atoms with Gasteiger partial charge in [0.2, 0.25) is 0 Å². The Bertz CT molecular complexity index is 1890. The molecule has 5 aromatic rings. The molecule has 5 aromatic carbocycles. The highest BCUT2D eigenvalue weighted by Crippen LogP contribution is 2.47. The maximum Gasteiger partial charge on any atom is 0.400 e. The summed E-state index contributed by atoms with van der Waals surface area (Å²) >= 11 is 0. The monoisotopic (exact) mass is 676 g/mol. The van der Waals surface area contributed by atoms with E-state index in [-0.39, 0.29) is 24.5 Å². The van der Waals surface area contributed by atoms with Crippen LogP contribution in [0.4, 0.5) is 8.78 Å². The number of fused-ring (bicyclic) bond motifs is 7. The Morgan fingerprint density at radius 2 is 1.16 bits per heavy atom. The maximum absolute atomic E-state index is 15.3. The molecule has 8 rings (SSSR count). The largest absolute Gasteiger partial charge is 0.489 e. The van der Waals surface area contributed by atoms with Gasteiger partial charge in [-0.25, -0.2) is 4.79 Å². The fraction of sp³-hybridized carbons (Fsp3) is 0.372. The normalized spacial score (nSPS) is 20.4. The number of benzene rings is 5. The van der Waals surface area contributed by atoms with E-state index >= 15 is 8.78 Å². The molecule has 0 aromatic heterocycles. The number of ether oxygens (including phenoxy) is 4. The average Bonchev–Trinajstić information content (AvgIpc) is 3.23. The molecule has 0 unspecified atom stereocenters. The van der Waals surface area contributed by atoms with Gasteiger partial charge in [-0.15, -0.1) is 0 Å². The fourth-order valence-electron chi connectivity index (χ4n) is 8.39. The van der Waals surface area contributed by atoms with Crippen molar-refractivity contribution in [1.82, 2.24) is 0 Å². The van der Waals surface area contributed by atoms with E-state index in [1.807, 2.05) is 48.5 Å². The zero-order valence-electron chi connectivity index (χ0n) is 28.1. The quantitative estimate of drug-likeness (QED) is 0.168. The van der Waals surface area contributed by atoms with Crippen LogP contribution in [-0.2, 0) is 4.74 Å². The van der Waals surface area contributed by atoms with Gasteiger partial charge in [0, 0.05) is 11.1 Å². The highest BCUT2D eigenvalue weighted by Gasteiger charge is 2.45. The van der Waals surface area contributed by atoms with Crippen molar-refractivity contribution in [2.75, 3.05) is 13.2 Å². The Labute approximate surface area is 291 Å². The summed E-state index contributed by atoms with van der Waals surface area (Å²) in [5, 5.41) is 4.20. The van der Waals surface area contributed by atoms with Crippen molar-refractivity contribution in [2.45, 2.75) is 70.0 Å². The molecular formula is C43H42F2O5. The van der Waals surface area contributed by atoms with Crippen molar-refractivity contribution >= 4 is 27.5 Å². The lowest BCUT2D eigenvalue weighted by atomic mass is 9.71. The van der Waals surface area contributed by atoms with Gasteiger partial charge in [-0.3, -0.25) is 0 Å². The number of carbonyl (C=O) groups excluding carboxylic acids is 1. The molecule has 3 aliphatic rings. The van der Waals surface area contributed by atoms with Crippen molar-refractivity contribution in [3.63, 3.8) is 0 Å². The van der Waals surface area contributed by atoms with Crippen LogP contribution in [0, 0.1) is 17.8 Å². The van der Waals surface area contributed by atoms with Gasteiger partial charge in [0.15, 0.2) is 6.10 Å². The molecule has 5 nitrogen and oxygen atoms in total. The van der Waals surface area contributed by atoms with Gasteiger partial charge in [-0.05, 0) is 95.5 Å². The molecule has 1 heterocycles. The number of rotatable bonds is 6. The van der Waals surface area contributed by atoms with Crippen LogP contribution in [0.3, 0.4) is 0 Å². The summed E-state index contributed by atoms with van der Waals surface area (Å²) in [6.07, 6.45) is 4.98. The maximum atomic E-state index is 15.3. The molecule has 0 N–H and O–H groups in total. The third-order valence-electron chi connectivity index (χ3n) is 11.1. The smallest absolute Gasteiger partial charge is 0.400 e. The van der Waals surface area contributed by atoms with Crippen molar-refractivity contribution < 1.29 is 32.5 Å². The van der Waals surface area contributed by atoms with E-state index in [1.54, 1.807) is 0 Å². The first-order valence-electron chi connectivity index (χ1n) is 18.1. The highest BCUT2D eigenvalue weighted by molar-refractivity contribution is 6.09. The second-order valence-corrected chi connectivity index (χ2v) is 14.2. The number of halogens is 2. The topological polar surface area (TPSA) is 54.0 Å². The van der Waals surface area contributed by atoms with Crippen LogP contribution in [0.2, 0.25) is 0 Å². The summed E-state index contributed by atoms with van der Waals surface area (Å²) < 4.78 is 54.5. The molecular weight excluding hydrogens is 634 g/mol. The molecule has 0 bridgehead atoms. The Kier molecular flexibility index (Phi) is 9.07. The van der Waals surface area contributed by atoms with Crippen LogP contribution in [0.1, 0.15) is 68.1 Å². The van der Waals surface area contributed by atoms with Gasteiger partial charge < -0.3 is 18.9 Å². The molecule has 2 fully saturated rings. The SMILES string of the molecule is O=C(OC1COc2ccc3ccccc3c2-c2c(ccc3ccccc23)OC1)c1ccc(OC(F)(F)C2CCC(C3CCCCC3)CC2)cc1. The molecule has 2 aliphatic carbocycles. The summed E-state index contributed by atoms with van der Waals surface area (Å²) in [5.41, 5.74) is 2.07. The summed E-state index contributed by atoms with van der Waals surface area (Å²) in [6.45, 7) is 0.138. The van der Waals surface area contributed by atoms with E-state index in [9.17, 15) is 4.79 Å². The molecule has 7 heteroatoms. The Balaban J connectivity index is 0.957. The van der Waals surface area contributed by atoms with Crippen molar-refractivity contribution in [3.8, 4) is 28.4 Å². The molecule has 0 radical (unpaired) electrons. The molecule has 2 saturated carbocycles. The van der Waals surface area contributed by atoms with Crippen molar-refractivity contribution in [2.24, 2.45) is 17.8 Å². The van der Waals surface area contributed by atoms with Gasteiger partial charge in [-0.1, -0.05) is 92.8 Å². The van der Waals surface area contributed by atoms with Gasteiger partial charge >= 0.3 is 12.1 Å². The van der Waals surface area contributed by atoms with Crippen LogP contribution in [0.5, 0.6) is 17.2 Å². The first-order valence-corrected chi connectivity index (χ1v) is 18.1. The lowest BCUT2D eigenvalue weighted by Gasteiger charge is -2.37. The predicted octanol–water partition coefficient (Wildman–Crippen LogP) is 11.0. The van der Waals surface area contributed by atoms with E-state index in [0.717, 1.165) is 45.5 Å². The third-order valence-corrected chi connectivity index (χ3v) is 11.1. The Morgan fingerprint density at radius 1 is 0.620 bits per heavy atom. The number of esters is 1. The van der Waals surface area contributed by atoms with Crippen LogP contribution in [0.15, 0.2) is 97.1 Å². The van der Waals surface area contributed by atoms with Crippen molar-refractivity contribution in [3.05, 3.63) is 103 Å². The second-order valence-electron chi connectivity index (χ2n) is 14.2. The number of alkyl halides is 2. The summed E-state index contributed by atoms with van der Waals surface area (Å²) in [7, 11) is 0. The van der Waals surface area contributed by atoms with E-state index in [1.165, 1.54) is 56.4 Å². The molecule has 50 heavy (non-hydrogen) atoms. The summed E-state index contributed by atoms with van der Waals surface area (Å²) in [5.74, 6) is 1.22. The van der Waals surface area contributed by atoms with E-state index in [4.69, 9.17) is 18.9 Å². The molecule has 0 saturated heterocycles. The average molecular weight is 677 g/mol. The minimum atomic E-state index is -3.27. The van der Waals surface area contributed by atoms with Gasteiger partial charge in [0.1, 0.15) is 30.5 Å². The molecule has 0 spiro atoms. The zero-order chi connectivity index (χ0) is 34.1.